The Morgan fingerprint density at radius 3 is 2.69 bits per heavy atom. The maximum absolute atomic E-state index is 13.1. The molecule has 2 aromatic rings. The molecule has 3 rings (SSSR count). The zero-order valence-electron chi connectivity index (χ0n) is 14.1. The molecule has 7 heteroatoms. The van der Waals surface area contributed by atoms with Crippen LogP contribution in [0.3, 0.4) is 0 Å². The predicted molar refractivity (Wildman–Crippen MR) is 95.2 cm³/mol. The van der Waals surface area contributed by atoms with Gasteiger partial charge in [-0.2, -0.15) is 13.2 Å². The highest BCUT2D eigenvalue weighted by atomic mass is 35.5. The van der Waals surface area contributed by atoms with Crippen LogP contribution < -0.4 is 5.32 Å². The normalized spacial score (nSPS) is 16.6. The molecule has 0 aromatic heterocycles. The van der Waals surface area contributed by atoms with E-state index in [0.717, 1.165) is 24.5 Å². The van der Waals surface area contributed by atoms with Gasteiger partial charge in [0.05, 0.1) is 22.8 Å². The summed E-state index contributed by atoms with van der Waals surface area (Å²) in [6.07, 6.45) is -2.79. The summed E-state index contributed by atoms with van der Waals surface area (Å²) in [4.78, 5) is 14.2. The second-order valence-corrected chi connectivity index (χ2v) is 6.78. The molecule has 3 nitrogen and oxygen atoms in total. The van der Waals surface area contributed by atoms with E-state index >= 15 is 0 Å². The maximum atomic E-state index is 13.1. The molecule has 0 unspecified atom stereocenters. The van der Waals surface area contributed by atoms with Crippen molar-refractivity contribution in [3.8, 4) is 0 Å². The van der Waals surface area contributed by atoms with E-state index in [9.17, 15) is 18.0 Å². The average molecular weight is 383 g/mol. The standard InChI is InChI=1S/C19H18ClF3N2O/c1-25(16-10-9-12-5-2-3-6-13(12)16)11-17(26)24-18-14(19(21,22)23)7-4-8-15(18)20/h2-8,16H,9-11H2,1H3,(H,24,26)/t16-/m0/s1. The first-order valence-electron chi connectivity index (χ1n) is 8.21. The number of hydrogen-bond acceptors (Lipinski definition) is 2. The van der Waals surface area contributed by atoms with Gasteiger partial charge in [-0.1, -0.05) is 41.9 Å². The molecule has 2 aromatic carbocycles. The van der Waals surface area contributed by atoms with Crippen molar-refractivity contribution < 1.29 is 18.0 Å². The molecular weight excluding hydrogens is 365 g/mol. The number of hydrogen-bond donors (Lipinski definition) is 1. The highest BCUT2D eigenvalue weighted by Crippen LogP contribution is 2.39. The summed E-state index contributed by atoms with van der Waals surface area (Å²) >= 11 is 5.88. The van der Waals surface area contributed by atoms with Gasteiger partial charge in [-0.25, -0.2) is 0 Å². The Morgan fingerprint density at radius 2 is 1.96 bits per heavy atom. The first-order chi connectivity index (χ1) is 12.3. The van der Waals surface area contributed by atoms with E-state index in [1.165, 1.54) is 17.7 Å². The molecule has 0 fully saturated rings. The smallest absolute Gasteiger partial charge is 0.323 e. The average Bonchev–Trinajstić information content (AvgIpc) is 2.99. The topological polar surface area (TPSA) is 32.3 Å². The zero-order chi connectivity index (χ0) is 18.9. The minimum Gasteiger partial charge on any atom is -0.323 e. The number of para-hydroxylation sites is 1. The van der Waals surface area contributed by atoms with Crippen molar-refractivity contribution in [3.63, 3.8) is 0 Å². The molecule has 0 radical (unpaired) electrons. The second kappa shape index (κ2) is 7.29. The lowest BCUT2D eigenvalue weighted by molar-refractivity contribution is -0.137. The first kappa shape index (κ1) is 18.7. The molecule has 1 aliphatic carbocycles. The fourth-order valence-electron chi connectivity index (χ4n) is 3.40. The molecule has 1 amide bonds. The van der Waals surface area contributed by atoms with Gasteiger partial charge in [0.25, 0.3) is 0 Å². The lowest BCUT2D eigenvalue weighted by Crippen LogP contribution is -2.33. The molecule has 0 saturated heterocycles. The number of fused-ring (bicyclic) bond motifs is 1. The minimum atomic E-state index is -4.59. The highest BCUT2D eigenvalue weighted by molar-refractivity contribution is 6.34. The van der Waals surface area contributed by atoms with Gasteiger partial charge in [0.2, 0.25) is 5.91 Å². The molecule has 0 aliphatic heterocycles. The van der Waals surface area contributed by atoms with Crippen LogP contribution in [0.4, 0.5) is 18.9 Å². The van der Waals surface area contributed by atoms with Crippen LogP contribution >= 0.6 is 11.6 Å². The van der Waals surface area contributed by atoms with Crippen molar-refractivity contribution in [2.45, 2.75) is 25.1 Å². The summed E-state index contributed by atoms with van der Waals surface area (Å²) in [7, 11) is 1.80. The largest absolute Gasteiger partial charge is 0.418 e. The number of alkyl halides is 3. The van der Waals surface area contributed by atoms with Crippen molar-refractivity contribution in [2.24, 2.45) is 0 Å². The van der Waals surface area contributed by atoms with E-state index < -0.39 is 23.3 Å². The number of nitrogens with one attached hydrogen (secondary N) is 1. The van der Waals surface area contributed by atoms with Crippen molar-refractivity contribution in [1.82, 2.24) is 4.90 Å². The van der Waals surface area contributed by atoms with Crippen molar-refractivity contribution in [3.05, 3.63) is 64.2 Å². The third-order valence-corrected chi connectivity index (χ3v) is 4.92. The van der Waals surface area contributed by atoms with Crippen LogP contribution in [0.15, 0.2) is 42.5 Å². The summed E-state index contributed by atoms with van der Waals surface area (Å²) in [6, 6.07) is 11.5. The van der Waals surface area contributed by atoms with Crippen molar-refractivity contribution in [1.29, 1.82) is 0 Å². The number of aryl methyl sites for hydroxylation is 1. The monoisotopic (exact) mass is 382 g/mol. The first-order valence-corrected chi connectivity index (χ1v) is 8.59. The fraction of sp³-hybridized carbons (Fsp3) is 0.316. The molecule has 138 valence electrons. The number of amides is 1. The van der Waals surface area contributed by atoms with Crippen LogP contribution in [0.5, 0.6) is 0 Å². The summed E-state index contributed by atoms with van der Waals surface area (Å²) in [5.74, 6) is -0.532. The third kappa shape index (κ3) is 3.86. The van der Waals surface area contributed by atoms with E-state index in [1.807, 2.05) is 23.1 Å². The van der Waals surface area contributed by atoms with E-state index in [4.69, 9.17) is 11.6 Å². The van der Waals surface area contributed by atoms with Crippen LogP contribution in [-0.2, 0) is 17.4 Å². The second-order valence-electron chi connectivity index (χ2n) is 6.38. The quantitative estimate of drug-likeness (QED) is 0.814. The molecule has 1 atom stereocenters. The lowest BCUT2D eigenvalue weighted by atomic mass is 10.1. The fourth-order valence-corrected chi connectivity index (χ4v) is 3.62. The number of benzene rings is 2. The Morgan fingerprint density at radius 1 is 1.23 bits per heavy atom. The van der Waals surface area contributed by atoms with Crippen LogP contribution in [0.25, 0.3) is 0 Å². The molecule has 1 N–H and O–H groups in total. The molecule has 0 spiro atoms. The van der Waals surface area contributed by atoms with E-state index in [0.29, 0.717) is 0 Å². The van der Waals surface area contributed by atoms with Crippen molar-refractivity contribution >= 4 is 23.2 Å². The number of rotatable bonds is 4. The third-order valence-electron chi connectivity index (χ3n) is 4.61. The minimum absolute atomic E-state index is 0.0263. The highest BCUT2D eigenvalue weighted by Gasteiger charge is 2.35. The molecule has 0 bridgehead atoms. The molecule has 0 saturated carbocycles. The van der Waals surface area contributed by atoms with Crippen LogP contribution in [0.2, 0.25) is 5.02 Å². The van der Waals surface area contributed by atoms with Crippen LogP contribution in [0.1, 0.15) is 29.2 Å². The number of carbonyl (C=O) groups is 1. The molecule has 1 aliphatic rings. The van der Waals surface area contributed by atoms with Gasteiger partial charge in [-0.3, -0.25) is 9.69 Å². The Hall–Kier alpha value is -2.05. The molecule has 0 heterocycles. The molecular formula is C19H18ClF3N2O. The van der Waals surface area contributed by atoms with Crippen molar-refractivity contribution in [2.75, 3.05) is 18.9 Å². The summed E-state index contributed by atoms with van der Waals surface area (Å²) < 4.78 is 39.4. The zero-order valence-corrected chi connectivity index (χ0v) is 14.9. The number of halogens is 4. The van der Waals surface area contributed by atoms with Gasteiger partial charge < -0.3 is 5.32 Å². The summed E-state index contributed by atoms with van der Waals surface area (Å²) in [6.45, 7) is -0.0263. The van der Waals surface area contributed by atoms with Gasteiger partial charge >= 0.3 is 6.18 Å². The number of likely N-dealkylation sites (N-methyl/N-ethyl adjacent to an activating group) is 1. The van der Waals surface area contributed by atoms with Gasteiger partial charge in [-0.15, -0.1) is 0 Å². The van der Waals surface area contributed by atoms with Crippen LogP contribution in [0, 0.1) is 0 Å². The number of carbonyl (C=O) groups excluding carboxylic acids is 1. The van der Waals surface area contributed by atoms with E-state index in [2.05, 4.69) is 11.4 Å². The number of anilines is 1. The lowest BCUT2D eigenvalue weighted by Gasteiger charge is -2.25. The number of nitrogens with zero attached hydrogens (tertiary/aromatic N) is 1. The van der Waals surface area contributed by atoms with E-state index in [1.54, 1.807) is 7.05 Å². The van der Waals surface area contributed by atoms with Gasteiger partial charge in [-0.05, 0) is 43.1 Å². The summed E-state index contributed by atoms with van der Waals surface area (Å²) in [5.41, 5.74) is 1.06. The van der Waals surface area contributed by atoms with Gasteiger partial charge in [0, 0.05) is 6.04 Å². The Kier molecular flexibility index (Phi) is 5.25. The summed E-state index contributed by atoms with van der Waals surface area (Å²) in [5, 5.41) is 2.19. The molecule has 26 heavy (non-hydrogen) atoms. The maximum Gasteiger partial charge on any atom is 0.418 e. The van der Waals surface area contributed by atoms with Gasteiger partial charge in [0.1, 0.15) is 0 Å². The SMILES string of the molecule is CN(CC(=O)Nc1c(Cl)cccc1C(F)(F)F)[C@H]1CCc2ccccc21. The Balaban J connectivity index is 1.73. The Labute approximate surface area is 154 Å². The van der Waals surface area contributed by atoms with Gasteiger partial charge in [0.15, 0.2) is 0 Å². The Bertz CT molecular complexity index is 823. The predicted octanol–water partition coefficient (Wildman–Crippen LogP) is 4.92. The van der Waals surface area contributed by atoms with Crippen LogP contribution in [-0.4, -0.2) is 24.4 Å². The van der Waals surface area contributed by atoms with E-state index in [-0.39, 0.29) is 17.6 Å².